The van der Waals surface area contributed by atoms with Crippen molar-refractivity contribution in [2.45, 2.75) is 13.1 Å². The molecule has 0 fully saturated rings. The molecule has 0 unspecified atom stereocenters. The van der Waals surface area contributed by atoms with E-state index in [-0.39, 0.29) is 6.61 Å². The van der Waals surface area contributed by atoms with Gasteiger partial charge in [-0.15, -0.1) is 11.3 Å². The number of hydrogen-bond acceptors (Lipinski definition) is 5. The number of aliphatic hydroxyl groups excluding tert-OH is 1. The zero-order chi connectivity index (χ0) is 15.2. The summed E-state index contributed by atoms with van der Waals surface area (Å²) in [6.07, 6.45) is 1.95. The summed E-state index contributed by atoms with van der Waals surface area (Å²) in [5.74, 6) is 0. The van der Waals surface area contributed by atoms with E-state index < -0.39 is 0 Å². The van der Waals surface area contributed by atoms with Crippen LogP contribution in [0.25, 0.3) is 10.6 Å². The van der Waals surface area contributed by atoms with Gasteiger partial charge in [-0.2, -0.15) is 11.3 Å². The summed E-state index contributed by atoms with van der Waals surface area (Å²) in [4.78, 5) is 7.99. The Morgan fingerprint density at radius 2 is 1.95 bits per heavy atom. The number of thiophene rings is 1. The zero-order valence-corrected chi connectivity index (χ0v) is 13.8. The van der Waals surface area contributed by atoms with Crippen LogP contribution >= 0.6 is 22.7 Å². The minimum absolute atomic E-state index is 0.170. The third-order valence-corrected chi connectivity index (χ3v) is 5.08. The summed E-state index contributed by atoms with van der Waals surface area (Å²) in [5.41, 5.74) is 2.46. The average Bonchev–Trinajstić information content (AvgIpc) is 3.19. The molecule has 1 N–H and O–H groups in total. The smallest absolute Gasteiger partial charge is 0.124 e. The van der Waals surface area contributed by atoms with Crippen molar-refractivity contribution in [2.24, 2.45) is 0 Å². The first kappa shape index (κ1) is 15.4. The fourth-order valence-corrected chi connectivity index (χ4v) is 3.98. The topological polar surface area (TPSA) is 36.4 Å². The Kier molecular flexibility index (Phi) is 5.34. The van der Waals surface area contributed by atoms with Gasteiger partial charge >= 0.3 is 0 Å². The van der Waals surface area contributed by atoms with Gasteiger partial charge in [0.2, 0.25) is 0 Å². The predicted molar refractivity (Wildman–Crippen MR) is 93.1 cm³/mol. The highest BCUT2D eigenvalue weighted by molar-refractivity contribution is 7.15. The average molecular weight is 330 g/mol. The molecular weight excluding hydrogens is 312 g/mol. The molecule has 5 heteroatoms. The maximum Gasteiger partial charge on any atom is 0.124 e. The van der Waals surface area contributed by atoms with Crippen LogP contribution in [0.1, 0.15) is 10.4 Å². The maximum atomic E-state index is 9.30. The molecular formula is C17H18N2OS2. The predicted octanol–water partition coefficient (Wildman–Crippen LogP) is 3.87. The van der Waals surface area contributed by atoms with Crippen LogP contribution in [0.15, 0.2) is 53.4 Å². The Morgan fingerprint density at radius 1 is 1.09 bits per heavy atom. The number of aromatic nitrogens is 1. The van der Waals surface area contributed by atoms with Gasteiger partial charge in [0.15, 0.2) is 0 Å². The van der Waals surface area contributed by atoms with Gasteiger partial charge in [0, 0.05) is 41.7 Å². The van der Waals surface area contributed by atoms with Crippen LogP contribution in [0.4, 0.5) is 0 Å². The van der Waals surface area contributed by atoms with Gasteiger partial charge in [-0.25, -0.2) is 4.98 Å². The summed E-state index contributed by atoms with van der Waals surface area (Å²) in [6.45, 7) is 2.49. The second-order valence-corrected chi connectivity index (χ2v) is 6.96. The highest BCUT2D eigenvalue weighted by Crippen LogP contribution is 2.27. The molecule has 2 aromatic heterocycles. The van der Waals surface area contributed by atoms with Crippen molar-refractivity contribution < 1.29 is 5.11 Å². The van der Waals surface area contributed by atoms with E-state index in [1.807, 2.05) is 24.4 Å². The lowest BCUT2D eigenvalue weighted by Crippen LogP contribution is -2.25. The van der Waals surface area contributed by atoms with Gasteiger partial charge in [-0.1, -0.05) is 30.3 Å². The van der Waals surface area contributed by atoms with Crippen LogP contribution in [-0.2, 0) is 13.1 Å². The number of rotatable bonds is 7. The molecule has 2 heterocycles. The number of thiazole rings is 1. The molecule has 1 aromatic carbocycles. The molecule has 0 spiro atoms. The Balaban J connectivity index is 1.68. The third-order valence-electron chi connectivity index (χ3n) is 3.37. The van der Waals surface area contributed by atoms with E-state index in [1.54, 1.807) is 22.7 Å². The first-order chi connectivity index (χ1) is 10.8. The molecule has 114 valence electrons. The highest BCUT2D eigenvalue weighted by Gasteiger charge is 2.10. The van der Waals surface area contributed by atoms with Gasteiger partial charge in [-0.05, 0) is 17.0 Å². The molecule has 3 rings (SSSR count). The third kappa shape index (κ3) is 4.01. The first-order valence-corrected chi connectivity index (χ1v) is 8.95. The van der Waals surface area contributed by atoms with Crippen LogP contribution < -0.4 is 0 Å². The molecule has 0 aliphatic carbocycles. The fourth-order valence-electron chi connectivity index (χ4n) is 2.32. The first-order valence-electron chi connectivity index (χ1n) is 7.19. The molecule has 0 saturated carbocycles. The Hall–Kier alpha value is -1.53. The minimum atomic E-state index is 0.170. The summed E-state index contributed by atoms with van der Waals surface area (Å²) < 4.78 is 0. The lowest BCUT2D eigenvalue weighted by atomic mass is 10.2. The van der Waals surface area contributed by atoms with Gasteiger partial charge in [-0.3, -0.25) is 4.90 Å². The zero-order valence-electron chi connectivity index (χ0n) is 12.2. The Bertz CT molecular complexity index is 680. The van der Waals surface area contributed by atoms with Crippen molar-refractivity contribution in [3.05, 3.63) is 63.8 Å². The lowest BCUT2D eigenvalue weighted by Gasteiger charge is -2.20. The van der Waals surface area contributed by atoms with Crippen molar-refractivity contribution in [2.75, 3.05) is 13.2 Å². The second-order valence-electron chi connectivity index (χ2n) is 5.06. The molecule has 0 bridgehead atoms. The van der Waals surface area contributed by atoms with Gasteiger partial charge in [0.05, 0.1) is 6.61 Å². The molecule has 0 saturated heterocycles. The van der Waals surface area contributed by atoms with Crippen LogP contribution in [0, 0.1) is 0 Å². The minimum Gasteiger partial charge on any atom is -0.395 e. The lowest BCUT2D eigenvalue weighted by molar-refractivity contribution is 0.185. The fraction of sp³-hybridized carbons (Fsp3) is 0.235. The number of nitrogens with zero attached hydrogens (tertiary/aromatic N) is 2. The molecule has 0 atom stereocenters. The maximum absolute atomic E-state index is 9.30. The van der Waals surface area contributed by atoms with Crippen molar-refractivity contribution in [1.29, 1.82) is 0 Å². The van der Waals surface area contributed by atoms with Crippen molar-refractivity contribution >= 4 is 22.7 Å². The molecule has 3 nitrogen and oxygen atoms in total. The van der Waals surface area contributed by atoms with E-state index in [2.05, 4.69) is 38.8 Å². The van der Waals surface area contributed by atoms with Gasteiger partial charge < -0.3 is 5.11 Å². The van der Waals surface area contributed by atoms with Crippen molar-refractivity contribution in [3.63, 3.8) is 0 Å². The van der Waals surface area contributed by atoms with E-state index in [1.165, 1.54) is 16.0 Å². The molecule has 3 aromatic rings. The van der Waals surface area contributed by atoms with E-state index in [9.17, 15) is 5.11 Å². The molecule has 0 amide bonds. The Labute approximate surface area is 138 Å². The monoisotopic (exact) mass is 330 g/mol. The normalized spacial score (nSPS) is 11.2. The number of hydrogen-bond donors (Lipinski definition) is 1. The van der Waals surface area contributed by atoms with Crippen molar-refractivity contribution in [1.82, 2.24) is 9.88 Å². The van der Waals surface area contributed by atoms with E-state index in [4.69, 9.17) is 0 Å². The summed E-state index contributed by atoms with van der Waals surface area (Å²) in [6, 6.07) is 12.5. The standard InChI is InChI=1S/C17H18N2OS2/c20-8-7-19(11-14-4-2-1-3-5-14)12-16-10-18-17(22-16)15-6-9-21-13-15/h1-6,9-10,13,20H,7-8,11-12H2. The summed E-state index contributed by atoms with van der Waals surface area (Å²) in [5, 5.41) is 14.6. The van der Waals surface area contributed by atoms with Crippen LogP contribution in [-0.4, -0.2) is 28.1 Å². The van der Waals surface area contributed by atoms with Gasteiger partial charge in [0.1, 0.15) is 5.01 Å². The van der Waals surface area contributed by atoms with E-state index in [0.29, 0.717) is 6.54 Å². The summed E-state index contributed by atoms with van der Waals surface area (Å²) >= 11 is 3.42. The van der Waals surface area contributed by atoms with E-state index >= 15 is 0 Å². The SMILES string of the molecule is OCCN(Cc1ccccc1)Cc1cnc(-c2ccsc2)s1. The second kappa shape index (κ2) is 7.65. The molecule has 0 aliphatic heterocycles. The van der Waals surface area contributed by atoms with E-state index in [0.717, 1.165) is 18.1 Å². The van der Waals surface area contributed by atoms with Crippen molar-refractivity contribution in [3.8, 4) is 10.6 Å². The van der Waals surface area contributed by atoms with Crippen LogP contribution in [0.5, 0.6) is 0 Å². The largest absolute Gasteiger partial charge is 0.395 e. The van der Waals surface area contributed by atoms with Gasteiger partial charge in [0.25, 0.3) is 0 Å². The highest BCUT2D eigenvalue weighted by atomic mass is 32.1. The van der Waals surface area contributed by atoms with Crippen LogP contribution in [0.3, 0.4) is 0 Å². The number of aliphatic hydroxyl groups is 1. The Morgan fingerprint density at radius 3 is 2.68 bits per heavy atom. The quantitative estimate of drug-likeness (QED) is 0.714. The summed E-state index contributed by atoms with van der Waals surface area (Å²) in [7, 11) is 0. The van der Waals surface area contributed by atoms with Crippen LogP contribution in [0.2, 0.25) is 0 Å². The molecule has 22 heavy (non-hydrogen) atoms. The number of benzene rings is 1. The molecule has 0 aliphatic rings. The molecule has 0 radical (unpaired) electrons.